The zero-order chi connectivity index (χ0) is 20.3. The Hall–Kier alpha value is -2.04. The highest BCUT2D eigenvalue weighted by atomic mass is 35.5. The second-order valence-electron chi connectivity index (χ2n) is 6.08. The summed E-state index contributed by atoms with van der Waals surface area (Å²) in [5.41, 5.74) is 0.526. The van der Waals surface area contributed by atoms with Crippen LogP contribution in [-0.2, 0) is 21.4 Å². The van der Waals surface area contributed by atoms with E-state index in [4.69, 9.17) is 16.3 Å². The number of nitrogens with zero attached hydrogens (tertiary/aromatic N) is 1. The third kappa shape index (κ3) is 4.34. The van der Waals surface area contributed by atoms with E-state index in [0.717, 1.165) is 6.07 Å². The van der Waals surface area contributed by atoms with Gasteiger partial charge in [0.05, 0.1) is 29.7 Å². The van der Waals surface area contributed by atoms with Crippen molar-refractivity contribution in [1.82, 2.24) is 4.31 Å². The van der Waals surface area contributed by atoms with E-state index >= 15 is 0 Å². The molecule has 0 bridgehead atoms. The van der Waals surface area contributed by atoms with Gasteiger partial charge in [0, 0.05) is 24.3 Å². The fourth-order valence-corrected chi connectivity index (χ4v) is 4.60. The van der Waals surface area contributed by atoms with Gasteiger partial charge < -0.3 is 15.2 Å². The van der Waals surface area contributed by atoms with Crippen molar-refractivity contribution >= 4 is 33.2 Å². The largest absolute Gasteiger partial charge is 0.392 e. The SMILES string of the molecule is O=C(Nc1ccc(F)c(Cl)c1)c1ccc(CO)c(S(=O)(=O)N2CCOCC2)c1. The van der Waals surface area contributed by atoms with E-state index in [1.165, 1.54) is 34.6 Å². The van der Waals surface area contributed by atoms with Crippen molar-refractivity contribution in [2.24, 2.45) is 0 Å². The predicted molar refractivity (Wildman–Crippen MR) is 101 cm³/mol. The van der Waals surface area contributed by atoms with Crippen molar-refractivity contribution in [2.45, 2.75) is 11.5 Å². The summed E-state index contributed by atoms with van der Waals surface area (Å²) >= 11 is 5.70. The first-order chi connectivity index (χ1) is 13.3. The monoisotopic (exact) mass is 428 g/mol. The van der Waals surface area contributed by atoms with E-state index in [2.05, 4.69) is 5.32 Å². The van der Waals surface area contributed by atoms with E-state index in [0.29, 0.717) is 0 Å². The number of nitrogens with one attached hydrogen (secondary N) is 1. The number of sulfonamides is 1. The van der Waals surface area contributed by atoms with Crippen LogP contribution in [0.25, 0.3) is 0 Å². The highest BCUT2D eigenvalue weighted by Crippen LogP contribution is 2.24. The van der Waals surface area contributed by atoms with Crippen LogP contribution in [0.4, 0.5) is 10.1 Å². The number of benzene rings is 2. The summed E-state index contributed by atoms with van der Waals surface area (Å²) in [5.74, 6) is -1.21. The Bertz CT molecular complexity index is 993. The first-order valence-electron chi connectivity index (χ1n) is 8.41. The third-order valence-corrected chi connectivity index (χ3v) is 6.54. The van der Waals surface area contributed by atoms with Crippen LogP contribution in [-0.4, -0.2) is 50.0 Å². The Morgan fingerprint density at radius 1 is 1.21 bits per heavy atom. The van der Waals surface area contributed by atoms with E-state index in [-0.39, 0.29) is 53.0 Å². The molecule has 0 unspecified atom stereocenters. The summed E-state index contributed by atoms with van der Waals surface area (Å²) in [7, 11) is -3.90. The third-order valence-electron chi connectivity index (χ3n) is 4.27. The van der Waals surface area contributed by atoms with Gasteiger partial charge in [-0.05, 0) is 35.9 Å². The summed E-state index contributed by atoms with van der Waals surface area (Å²) in [5, 5.41) is 11.9. The average molecular weight is 429 g/mol. The molecule has 1 saturated heterocycles. The molecule has 1 amide bonds. The maximum atomic E-state index is 13.3. The number of halogens is 2. The van der Waals surface area contributed by atoms with Gasteiger partial charge in [-0.2, -0.15) is 4.31 Å². The van der Waals surface area contributed by atoms with Crippen molar-refractivity contribution in [3.63, 3.8) is 0 Å². The number of hydrogen-bond donors (Lipinski definition) is 2. The van der Waals surface area contributed by atoms with Crippen molar-refractivity contribution in [1.29, 1.82) is 0 Å². The minimum atomic E-state index is -3.90. The smallest absolute Gasteiger partial charge is 0.255 e. The van der Waals surface area contributed by atoms with Gasteiger partial charge in [0.25, 0.3) is 5.91 Å². The van der Waals surface area contributed by atoms with E-state index in [1.54, 1.807) is 0 Å². The summed E-state index contributed by atoms with van der Waals surface area (Å²) in [6.45, 7) is 0.447. The number of anilines is 1. The average Bonchev–Trinajstić information content (AvgIpc) is 2.71. The normalized spacial score (nSPS) is 15.4. The molecule has 0 saturated carbocycles. The lowest BCUT2D eigenvalue weighted by Gasteiger charge is -2.27. The highest BCUT2D eigenvalue weighted by Gasteiger charge is 2.29. The molecule has 0 spiro atoms. The maximum Gasteiger partial charge on any atom is 0.255 e. The number of amides is 1. The lowest BCUT2D eigenvalue weighted by Crippen LogP contribution is -2.41. The number of aliphatic hydroxyl groups excluding tert-OH is 1. The van der Waals surface area contributed by atoms with Gasteiger partial charge in [0.2, 0.25) is 10.0 Å². The van der Waals surface area contributed by atoms with Gasteiger partial charge in [-0.1, -0.05) is 17.7 Å². The second kappa shape index (κ2) is 8.54. The number of carbonyl (C=O) groups is 1. The first-order valence-corrected chi connectivity index (χ1v) is 10.2. The van der Waals surface area contributed by atoms with Crippen LogP contribution < -0.4 is 5.32 Å². The van der Waals surface area contributed by atoms with Crippen molar-refractivity contribution < 1.29 is 27.4 Å². The summed E-state index contributed by atoms with van der Waals surface area (Å²) < 4.78 is 45.6. The van der Waals surface area contributed by atoms with Crippen LogP contribution in [0.5, 0.6) is 0 Å². The van der Waals surface area contributed by atoms with Crippen LogP contribution in [0.15, 0.2) is 41.3 Å². The van der Waals surface area contributed by atoms with Crippen molar-refractivity contribution in [2.75, 3.05) is 31.6 Å². The number of hydrogen-bond acceptors (Lipinski definition) is 5. The maximum absolute atomic E-state index is 13.3. The van der Waals surface area contributed by atoms with Gasteiger partial charge in [-0.25, -0.2) is 12.8 Å². The Labute approximate surface area is 166 Å². The molecule has 2 N–H and O–H groups in total. The van der Waals surface area contributed by atoms with Crippen molar-refractivity contribution in [3.8, 4) is 0 Å². The van der Waals surface area contributed by atoms with Gasteiger partial charge in [-0.15, -0.1) is 0 Å². The lowest BCUT2D eigenvalue weighted by molar-refractivity contribution is 0.0729. The standard InChI is InChI=1S/C18H18ClFN2O5S/c19-15-10-14(3-4-16(15)20)21-18(24)12-1-2-13(11-23)17(9-12)28(25,26)22-5-7-27-8-6-22/h1-4,9-10,23H,5-8,11H2,(H,21,24). The van der Waals surface area contributed by atoms with Crippen LogP contribution in [0.3, 0.4) is 0 Å². The zero-order valence-corrected chi connectivity index (χ0v) is 16.3. The number of carbonyl (C=O) groups excluding carboxylic acids is 1. The Morgan fingerprint density at radius 3 is 2.57 bits per heavy atom. The molecule has 7 nitrogen and oxygen atoms in total. The van der Waals surface area contributed by atoms with Crippen LogP contribution in [0, 0.1) is 5.82 Å². The first kappa shape index (κ1) is 20.7. The van der Waals surface area contributed by atoms with E-state index in [1.807, 2.05) is 0 Å². The lowest BCUT2D eigenvalue weighted by atomic mass is 10.1. The van der Waals surface area contributed by atoms with E-state index < -0.39 is 28.4 Å². The molecule has 1 fully saturated rings. The Balaban J connectivity index is 1.91. The molecule has 1 aliphatic rings. The molecule has 1 heterocycles. The molecule has 1 aliphatic heterocycles. The van der Waals surface area contributed by atoms with Crippen molar-refractivity contribution in [3.05, 3.63) is 58.4 Å². The molecule has 0 atom stereocenters. The highest BCUT2D eigenvalue weighted by molar-refractivity contribution is 7.89. The molecule has 0 aliphatic carbocycles. The molecule has 2 aromatic carbocycles. The van der Waals surface area contributed by atoms with E-state index in [9.17, 15) is 22.7 Å². The second-order valence-corrected chi connectivity index (χ2v) is 8.39. The van der Waals surface area contributed by atoms with Gasteiger partial charge in [0.15, 0.2) is 0 Å². The minimum absolute atomic E-state index is 0.0736. The topological polar surface area (TPSA) is 95.9 Å². The number of ether oxygens (including phenoxy) is 1. The molecule has 3 rings (SSSR count). The van der Waals surface area contributed by atoms with Crippen LogP contribution >= 0.6 is 11.6 Å². The summed E-state index contributed by atoms with van der Waals surface area (Å²) in [6, 6.07) is 7.72. The molecule has 2 aromatic rings. The van der Waals surface area contributed by atoms with Gasteiger partial charge in [-0.3, -0.25) is 4.79 Å². The molecule has 28 heavy (non-hydrogen) atoms. The quantitative estimate of drug-likeness (QED) is 0.761. The minimum Gasteiger partial charge on any atom is -0.392 e. The number of aliphatic hydroxyl groups is 1. The summed E-state index contributed by atoms with van der Waals surface area (Å²) in [4.78, 5) is 12.4. The molecule has 150 valence electrons. The Morgan fingerprint density at radius 2 is 1.93 bits per heavy atom. The van der Waals surface area contributed by atoms with Crippen LogP contribution in [0.1, 0.15) is 15.9 Å². The number of rotatable bonds is 5. The molecule has 10 heteroatoms. The molecular formula is C18H18ClFN2O5S. The molecular weight excluding hydrogens is 411 g/mol. The molecule has 0 radical (unpaired) electrons. The summed E-state index contributed by atoms with van der Waals surface area (Å²) in [6.07, 6.45) is 0. The fourth-order valence-electron chi connectivity index (χ4n) is 2.77. The molecule has 0 aromatic heterocycles. The predicted octanol–water partition coefficient (Wildman–Crippen LogP) is 2.24. The zero-order valence-electron chi connectivity index (χ0n) is 14.7. The number of morpholine rings is 1. The van der Waals surface area contributed by atoms with Gasteiger partial charge in [0.1, 0.15) is 5.82 Å². The van der Waals surface area contributed by atoms with Gasteiger partial charge >= 0.3 is 0 Å². The van der Waals surface area contributed by atoms with Crippen LogP contribution in [0.2, 0.25) is 5.02 Å². The Kier molecular flexibility index (Phi) is 6.31. The fraction of sp³-hybridized carbons (Fsp3) is 0.278.